The quantitative estimate of drug-likeness (QED) is 0.727. The summed E-state index contributed by atoms with van der Waals surface area (Å²) in [6.45, 7) is 5.50. The lowest BCUT2D eigenvalue weighted by Gasteiger charge is -2.42. The number of hydrogen-bond acceptors (Lipinski definition) is 3. The van der Waals surface area contributed by atoms with Crippen molar-refractivity contribution in [3.05, 3.63) is 24.5 Å². The third-order valence-electron chi connectivity index (χ3n) is 4.31. The molecule has 0 saturated heterocycles. The fraction of sp³-hybridized carbons (Fsp3) is 0.538. The number of carbonyl (C=O) groups is 2. The molecule has 1 N–H and O–H groups in total. The van der Waals surface area contributed by atoms with Gasteiger partial charge in [-0.2, -0.15) is 0 Å². The summed E-state index contributed by atoms with van der Waals surface area (Å²) in [6.07, 6.45) is 5.03. The van der Waals surface area contributed by atoms with Gasteiger partial charge in [0.15, 0.2) is 5.76 Å². The molecule has 86 valence electrons. The van der Waals surface area contributed by atoms with E-state index in [1.165, 1.54) is 6.08 Å². The van der Waals surface area contributed by atoms with Gasteiger partial charge in [-0.05, 0) is 25.3 Å². The molecule has 0 spiro atoms. The highest BCUT2D eigenvalue weighted by atomic mass is 16.3. The van der Waals surface area contributed by atoms with Gasteiger partial charge in [0.1, 0.15) is 5.78 Å². The molecule has 0 aliphatic heterocycles. The minimum atomic E-state index is -0.745. The maximum absolute atomic E-state index is 12.2. The maximum atomic E-state index is 12.2. The Balaban J connectivity index is 2.57. The Morgan fingerprint density at radius 3 is 2.88 bits per heavy atom. The molecule has 0 amide bonds. The van der Waals surface area contributed by atoms with Gasteiger partial charge in [-0.3, -0.25) is 9.59 Å². The van der Waals surface area contributed by atoms with Crippen LogP contribution in [0.4, 0.5) is 0 Å². The first-order valence-corrected chi connectivity index (χ1v) is 5.56. The molecule has 3 heteroatoms. The van der Waals surface area contributed by atoms with Crippen LogP contribution in [0.15, 0.2) is 24.5 Å². The van der Waals surface area contributed by atoms with Crippen molar-refractivity contribution in [1.29, 1.82) is 0 Å². The Morgan fingerprint density at radius 1 is 1.56 bits per heavy atom. The fourth-order valence-corrected chi connectivity index (χ4v) is 3.12. The second-order valence-corrected chi connectivity index (χ2v) is 4.95. The Hall–Kier alpha value is -1.38. The van der Waals surface area contributed by atoms with Crippen LogP contribution in [-0.2, 0) is 9.59 Å². The van der Waals surface area contributed by atoms with Gasteiger partial charge < -0.3 is 5.11 Å². The summed E-state index contributed by atoms with van der Waals surface area (Å²) >= 11 is 0. The van der Waals surface area contributed by atoms with Crippen LogP contribution < -0.4 is 0 Å². The highest BCUT2D eigenvalue weighted by Crippen LogP contribution is 2.58. The average Bonchev–Trinajstić information content (AvgIpc) is 2.51. The van der Waals surface area contributed by atoms with Gasteiger partial charge in [-0.15, -0.1) is 6.58 Å². The zero-order chi connectivity index (χ0) is 12.0. The Morgan fingerprint density at radius 2 is 2.25 bits per heavy atom. The van der Waals surface area contributed by atoms with Gasteiger partial charge in [-0.1, -0.05) is 13.0 Å². The van der Waals surface area contributed by atoms with Crippen LogP contribution >= 0.6 is 0 Å². The highest BCUT2D eigenvalue weighted by molar-refractivity contribution is 6.06. The fourth-order valence-electron chi connectivity index (χ4n) is 3.12. The third-order valence-corrected chi connectivity index (χ3v) is 4.31. The molecular formula is C13H16O3. The first kappa shape index (κ1) is 11.1. The lowest BCUT2D eigenvalue weighted by molar-refractivity contribution is -0.142. The van der Waals surface area contributed by atoms with Crippen LogP contribution in [0.3, 0.4) is 0 Å². The molecule has 16 heavy (non-hydrogen) atoms. The number of aliphatic hydroxyl groups excluding tert-OH is 1. The minimum absolute atomic E-state index is 0.131. The summed E-state index contributed by atoms with van der Waals surface area (Å²) in [5.41, 5.74) is -1.39. The molecule has 2 unspecified atom stereocenters. The lowest BCUT2D eigenvalue weighted by atomic mass is 9.58. The second kappa shape index (κ2) is 3.30. The standard InChI is InChI=1S/C13H16O3/c1-3-6-13-8-5-10(15)12(13,2)7-4-9(14)11(13)16/h3-4,14H,1,5-8H2,2H3. The van der Waals surface area contributed by atoms with Crippen LogP contribution in [0.2, 0.25) is 0 Å². The molecule has 0 aromatic heterocycles. The van der Waals surface area contributed by atoms with Gasteiger partial charge >= 0.3 is 0 Å². The SMILES string of the molecule is C=CCC12CCC(=O)C1(C)CC=C(O)C2=O. The summed E-state index contributed by atoms with van der Waals surface area (Å²) < 4.78 is 0. The Labute approximate surface area is 94.8 Å². The van der Waals surface area contributed by atoms with E-state index < -0.39 is 10.8 Å². The molecular weight excluding hydrogens is 204 g/mol. The first-order chi connectivity index (χ1) is 7.48. The molecule has 1 fully saturated rings. The second-order valence-electron chi connectivity index (χ2n) is 4.95. The number of Topliss-reactive ketones (excluding diaryl/α,β-unsaturated/α-hetero) is 2. The van der Waals surface area contributed by atoms with E-state index in [9.17, 15) is 14.7 Å². The van der Waals surface area contributed by atoms with Crippen molar-refractivity contribution in [2.45, 2.75) is 32.6 Å². The molecule has 2 atom stereocenters. The van der Waals surface area contributed by atoms with Gasteiger partial charge in [0, 0.05) is 11.8 Å². The van der Waals surface area contributed by atoms with E-state index in [1.54, 1.807) is 6.08 Å². The number of fused-ring (bicyclic) bond motifs is 1. The van der Waals surface area contributed by atoms with E-state index in [-0.39, 0.29) is 17.3 Å². The lowest BCUT2D eigenvalue weighted by Crippen LogP contribution is -2.47. The molecule has 0 aromatic rings. The van der Waals surface area contributed by atoms with E-state index >= 15 is 0 Å². The van der Waals surface area contributed by atoms with Crippen LogP contribution in [0.5, 0.6) is 0 Å². The number of aliphatic hydroxyl groups is 1. The molecule has 1 saturated carbocycles. The van der Waals surface area contributed by atoms with E-state index in [2.05, 4.69) is 6.58 Å². The summed E-state index contributed by atoms with van der Waals surface area (Å²) in [5.74, 6) is -0.340. The van der Waals surface area contributed by atoms with Gasteiger partial charge in [0.2, 0.25) is 5.78 Å². The van der Waals surface area contributed by atoms with Crippen LogP contribution in [-0.4, -0.2) is 16.7 Å². The monoisotopic (exact) mass is 220 g/mol. The van der Waals surface area contributed by atoms with Crippen molar-refractivity contribution in [2.75, 3.05) is 0 Å². The van der Waals surface area contributed by atoms with E-state index in [1.807, 2.05) is 6.92 Å². The largest absolute Gasteiger partial charge is 0.505 e. The summed E-state index contributed by atoms with van der Waals surface area (Å²) in [7, 11) is 0. The van der Waals surface area contributed by atoms with Crippen molar-refractivity contribution >= 4 is 11.6 Å². The number of hydrogen-bond donors (Lipinski definition) is 1. The number of allylic oxidation sites excluding steroid dienone is 3. The Kier molecular flexibility index (Phi) is 2.30. The van der Waals surface area contributed by atoms with Crippen molar-refractivity contribution in [3.63, 3.8) is 0 Å². The van der Waals surface area contributed by atoms with Gasteiger partial charge in [0.05, 0.1) is 5.41 Å². The average molecular weight is 220 g/mol. The van der Waals surface area contributed by atoms with Crippen molar-refractivity contribution < 1.29 is 14.7 Å². The number of carbonyl (C=O) groups excluding carboxylic acids is 2. The van der Waals surface area contributed by atoms with Crippen LogP contribution in [0.1, 0.15) is 32.6 Å². The number of rotatable bonds is 2. The molecule has 3 nitrogen and oxygen atoms in total. The summed E-state index contributed by atoms with van der Waals surface area (Å²) in [6, 6.07) is 0. The molecule has 2 aliphatic rings. The van der Waals surface area contributed by atoms with Crippen molar-refractivity contribution in [2.24, 2.45) is 10.8 Å². The zero-order valence-electron chi connectivity index (χ0n) is 9.45. The molecule has 0 heterocycles. The predicted molar refractivity (Wildman–Crippen MR) is 59.9 cm³/mol. The number of ketones is 2. The first-order valence-electron chi connectivity index (χ1n) is 5.56. The van der Waals surface area contributed by atoms with Crippen LogP contribution in [0, 0.1) is 10.8 Å². The molecule has 0 aromatic carbocycles. The van der Waals surface area contributed by atoms with E-state index in [0.29, 0.717) is 25.7 Å². The summed E-state index contributed by atoms with van der Waals surface area (Å²) in [4.78, 5) is 24.1. The molecule has 2 rings (SSSR count). The predicted octanol–water partition coefficient (Wildman–Crippen LogP) is 2.33. The van der Waals surface area contributed by atoms with E-state index in [0.717, 1.165) is 0 Å². The molecule has 0 bridgehead atoms. The van der Waals surface area contributed by atoms with Crippen molar-refractivity contribution in [1.82, 2.24) is 0 Å². The normalized spacial score (nSPS) is 38.2. The highest BCUT2D eigenvalue weighted by Gasteiger charge is 2.62. The topological polar surface area (TPSA) is 54.4 Å². The van der Waals surface area contributed by atoms with Gasteiger partial charge in [-0.25, -0.2) is 0 Å². The molecule has 2 aliphatic carbocycles. The third kappa shape index (κ3) is 1.09. The Bertz CT molecular complexity index is 407. The van der Waals surface area contributed by atoms with Crippen molar-refractivity contribution in [3.8, 4) is 0 Å². The summed E-state index contributed by atoms with van der Waals surface area (Å²) in [5, 5.41) is 9.58. The maximum Gasteiger partial charge on any atom is 0.204 e. The molecule has 0 radical (unpaired) electrons. The van der Waals surface area contributed by atoms with Gasteiger partial charge in [0.25, 0.3) is 0 Å². The smallest absolute Gasteiger partial charge is 0.204 e. The van der Waals surface area contributed by atoms with Crippen LogP contribution in [0.25, 0.3) is 0 Å². The minimum Gasteiger partial charge on any atom is -0.505 e. The zero-order valence-corrected chi connectivity index (χ0v) is 9.45. The van der Waals surface area contributed by atoms with E-state index in [4.69, 9.17) is 0 Å².